The van der Waals surface area contributed by atoms with E-state index in [4.69, 9.17) is 16.3 Å². The van der Waals surface area contributed by atoms with Crippen molar-refractivity contribution < 1.29 is 17.9 Å². The van der Waals surface area contributed by atoms with E-state index in [1.54, 1.807) is 59.5 Å². The fraction of sp³-hybridized carbons (Fsp3) is 0.350. The highest BCUT2D eigenvalue weighted by Gasteiger charge is 2.48. The van der Waals surface area contributed by atoms with E-state index < -0.39 is 10.0 Å². The van der Waals surface area contributed by atoms with Crippen LogP contribution in [0.2, 0.25) is 5.02 Å². The summed E-state index contributed by atoms with van der Waals surface area (Å²) in [6.07, 6.45) is 1.56. The Hall–Kier alpha value is -2.09. The van der Waals surface area contributed by atoms with Gasteiger partial charge in [0, 0.05) is 23.7 Å². The van der Waals surface area contributed by atoms with Crippen LogP contribution >= 0.6 is 11.6 Å². The highest BCUT2D eigenvalue weighted by molar-refractivity contribution is 7.89. The number of nitrogens with zero attached hydrogens (tertiary/aromatic N) is 1. The molecule has 1 aliphatic heterocycles. The van der Waals surface area contributed by atoms with Crippen molar-refractivity contribution in [1.29, 1.82) is 0 Å². The lowest BCUT2D eigenvalue weighted by Gasteiger charge is -2.33. The van der Waals surface area contributed by atoms with Crippen LogP contribution in [0, 0.1) is 5.92 Å². The fourth-order valence-corrected chi connectivity index (χ4v) is 5.57. The third-order valence-electron chi connectivity index (χ3n) is 5.32. The number of amides is 1. The molecule has 1 aliphatic carbocycles. The normalized spacial score (nSPS) is 23.8. The smallest absolute Gasteiger partial charge is 0.260 e. The minimum absolute atomic E-state index is 0.0955. The zero-order valence-electron chi connectivity index (χ0n) is 15.1. The number of sulfonamides is 1. The van der Waals surface area contributed by atoms with E-state index in [2.05, 4.69) is 4.72 Å². The van der Waals surface area contributed by atoms with Crippen molar-refractivity contribution in [2.24, 2.45) is 5.92 Å². The first kappa shape index (κ1) is 19.2. The van der Waals surface area contributed by atoms with Crippen LogP contribution in [0.15, 0.2) is 59.5 Å². The molecule has 2 bridgehead atoms. The van der Waals surface area contributed by atoms with E-state index in [9.17, 15) is 13.2 Å². The molecule has 2 aliphatic rings. The van der Waals surface area contributed by atoms with Crippen LogP contribution in [-0.2, 0) is 14.8 Å². The lowest BCUT2D eigenvalue weighted by Crippen LogP contribution is -2.52. The molecule has 8 heteroatoms. The van der Waals surface area contributed by atoms with E-state index >= 15 is 0 Å². The second-order valence-electron chi connectivity index (χ2n) is 7.24. The van der Waals surface area contributed by atoms with Crippen LogP contribution in [0.3, 0.4) is 0 Å². The van der Waals surface area contributed by atoms with Crippen LogP contribution in [0.4, 0.5) is 0 Å². The summed E-state index contributed by atoms with van der Waals surface area (Å²) in [5.41, 5.74) is 0. The molecular weight excluding hydrogens is 400 g/mol. The van der Waals surface area contributed by atoms with Crippen molar-refractivity contribution in [2.75, 3.05) is 13.2 Å². The second-order valence-corrected chi connectivity index (χ2v) is 9.39. The average molecular weight is 421 g/mol. The number of nitrogens with one attached hydrogen (secondary N) is 1. The number of likely N-dealkylation sites (tertiary alicyclic amines) is 1. The van der Waals surface area contributed by atoms with Gasteiger partial charge in [-0.3, -0.25) is 4.79 Å². The van der Waals surface area contributed by atoms with Crippen molar-refractivity contribution >= 4 is 27.5 Å². The Morgan fingerprint density at radius 3 is 2.64 bits per heavy atom. The lowest BCUT2D eigenvalue weighted by atomic mass is 10.1. The first-order valence-electron chi connectivity index (χ1n) is 9.17. The molecule has 0 unspecified atom stereocenters. The number of rotatable bonds is 6. The number of hydrogen-bond acceptors (Lipinski definition) is 4. The molecule has 1 N–H and O–H groups in total. The van der Waals surface area contributed by atoms with Gasteiger partial charge in [0.05, 0.1) is 4.90 Å². The molecule has 148 valence electrons. The van der Waals surface area contributed by atoms with Gasteiger partial charge >= 0.3 is 0 Å². The van der Waals surface area contributed by atoms with Crippen LogP contribution < -0.4 is 9.46 Å². The summed E-state index contributed by atoms with van der Waals surface area (Å²) in [6.45, 7) is 0.549. The molecule has 1 heterocycles. The molecule has 0 aromatic heterocycles. The van der Waals surface area contributed by atoms with Gasteiger partial charge in [0.1, 0.15) is 5.75 Å². The Bertz CT molecular complexity index is 967. The van der Waals surface area contributed by atoms with Gasteiger partial charge in [0.25, 0.3) is 5.91 Å². The van der Waals surface area contributed by atoms with E-state index in [0.717, 1.165) is 12.8 Å². The molecule has 1 saturated carbocycles. The van der Waals surface area contributed by atoms with E-state index in [1.165, 1.54) is 0 Å². The summed E-state index contributed by atoms with van der Waals surface area (Å²) >= 11 is 5.93. The van der Waals surface area contributed by atoms with Crippen molar-refractivity contribution in [1.82, 2.24) is 9.62 Å². The van der Waals surface area contributed by atoms with Crippen molar-refractivity contribution in [3.63, 3.8) is 0 Å². The van der Waals surface area contributed by atoms with Gasteiger partial charge in [0.2, 0.25) is 10.0 Å². The summed E-state index contributed by atoms with van der Waals surface area (Å²) in [4.78, 5) is 14.6. The average Bonchev–Trinajstić information content (AvgIpc) is 3.27. The molecule has 1 saturated heterocycles. The minimum Gasteiger partial charge on any atom is -0.484 e. The maximum absolute atomic E-state index is 12.7. The zero-order valence-corrected chi connectivity index (χ0v) is 16.7. The molecule has 0 radical (unpaired) electrons. The van der Waals surface area contributed by atoms with Gasteiger partial charge in [-0.25, -0.2) is 13.1 Å². The molecule has 3 atom stereocenters. The number of benzene rings is 2. The number of ether oxygens (including phenoxy) is 1. The highest BCUT2D eigenvalue weighted by Crippen LogP contribution is 2.38. The molecule has 28 heavy (non-hydrogen) atoms. The van der Waals surface area contributed by atoms with Gasteiger partial charge in [-0.2, -0.15) is 0 Å². The summed E-state index contributed by atoms with van der Waals surface area (Å²) in [5, 5.41) is 0.542. The second kappa shape index (κ2) is 7.73. The van der Waals surface area contributed by atoms with Gasteiger partial charge in [-0.15, -0.1) is 0 Å². The van der Waals surface area contributed by atoms with E-state index in [0.29, 0.717) is 23.2 Å². The van der Waals surface area contributed by atoms with Crippen LogP contribution in [-0.4, -0.2) is 44.5 Å². The molecule has 1 amide bonds. The molecular formula is C20H21ClN2O4S. The SMILES string of the molecule is O=C(COc1cccc(Cl)c1)N1C[C@@H]2C[C@H](NS(=O)(=O)c3ccccc3)[C@H]1C2. The number of halogens is 1. The van der Waals surface area contributed by atoms with Gasteiger partial charge < -0.3 is 9.64 Å². The number of carbonyl (C=O) groups is 1. The van der Waals surface area contributed by atoms with Crippen LogP contribution in [0.25, 0.3) is 0 Å². The van der Waals surface area contributed by atoms with E-state index in [-0.39, 0.29) is 29.5 Å². The fourth-order valence-electron chi connectivity index (χ4n) is 4.09. The number of piperidine rings is 1. The number of hydrogen-bond donors (Lipinski definition) is 1. The number of fused-ring (bicyclic) bond motifs is 2. The maximum atomic E-state index is 12.7. The topological polar surface area (TPSA) is 75.7 Å². The quantitative estimate of drug-likeness (QED) is 0.779. The highest BCUT2D eigenvalue weighted by atomic mass is 35.5. The van der Waals surface area contributed by atoms with Gasteiger partial charge in [0.15, 0.2) is 6.61 Å². The number of carbonyl (C=O) groups excluding carboxylic acids is 1. The predicted molar refractivity (Wildman–Crippen MR) is 106 cm³/mol. The lowest BCUT2D eigenvalue weighted by molar-refractivity contribution is -0.135. The maximum Gasteiger partial charge on any atom is 0.260 e. The van der Waals surface area contributed by atoms with E-state index in [1.807, 2.05) is 0 Å². The Kier molecular flexibility index (Phi) is 5.31. The summed E-state index contributed by atoms with van der Waals surface area (Å²) in [7, 11) is -3.61. The zero-order chi connectivity index (χ0) is 19.7. The largest absolute Gasteiger partial charge is 0.484 e. The Labute approximate surface area is 169 Å². The first-order chi connectivity index (χ1) is 13.4. The standard InChI is InChI=1S/C20H21ClN2O4S/c21-15-5-4-6-16(11-15)27-13-20(24)23-12-14-9-18(19(23)10-14)22-28(25,26)17-7-2-1-3-8-17/h1-8,11,14,18-19,22H,9-10,12-13H2/t14-,18+,19-/m1/s1. The molecule has 2 aromatic rings. The third kappa shape index (κ3) is 4.01. The molecule has 2 fully saturated rings. The van der Waals surface area contributed by atoms with Crippen molar-refractivity contribution in [3.8, 4) is 5.75 Å². The minimum atomic E-state index is -3.61. The first-order valence-corrected chi connectivity index (χ1v) is 11.0. The Balaban J connectivity index is 1.40. The molecule has 4 rings (SSSR count). The predicted octanol–water partition coefficient (Wildman–Crippen LogP) is 2.69. The molecule has 0 spiro atoms. The molecule has 2 aromatic carbocycles. The summed E-state index contributed by atoms with van der Waals surface area (Å²) < 4.78 is 33.6. The van der Waals surface area contributed by atoms with Crippen molar-refractivity contribution in [3.05, 3.63) is 59.6 Å². The Morgan fingerprint density at radius 2 is 1.93 bits per heavy atom. The van der Waals surface area contributed by atoms with Crippen LogP contribution in [0.1, 0.15) is 12.8 Å². The molecule has 6 nitrogen and oxygen atoms in total. The van der Waals surface area contributed by atoms with Crippen LogP contribution in [0.5, 0.6) is 5.75 Å². The van der Waals surface area contributed by atoms with Crippen molar-refractivity contribution in [2.45, 2.75) is 29.8 Å². The third-order valence-corrected chi connectivity index (χ3v) is 7.06. The summed E-state index contributed by atoms with van der Waals surface area (Å²) in [5.74, 6) is 0.700. The van der Waals surface area contributed by atoms with Gasteiger partial charge in [-0.1, -0.05) is 35.9 Å². The Morgan fingerprint density at radius 1 is 1.14 bits per heavy atom. The van der Waals surface area contributed by atoms with Gasteiger partial charge in [-0.05, 0) is 49.1 Å². The monoisotopic (exact) mass is 420 g/mol. The summed E-state index contributed by atoms with van der Waals surface area (Å²) in [6, 6.07) is 14.8.